The summed E-state index contributed by atoms with van der Waals surface area (Å²) < 4.78 is 36.9. The molecule has 142 valence electrons. The van der Waals surface area contributed by atoms with E-state index in [-0.39, 0.29) is 5.03 Å². The van der Waals surface area contributed by atoms with Gasteiger partial charge < -0.3 is 9.30 Å². The topological polar surface area (TPSA) is 77.3 Å². The molecule has 5 rings (SSSR count). The highest BCUT2D eigenvalue weighted by Gasteiger charge is 2.38. The predicted molar refractivity (Wildman–Crippen MR) is 102 cm³/mol. The SMILES string of the molecule is O=S(=O)(c1cn2c(n1)CCCC2)N1CCOCC1c1nc2ccccc2s1. The molecule has 0 saturated carbocycles. The van der Waals surface area contributed by atoms with Gasteiger partial charge in [-0.25, -0.2) is 18.4 Å². The first-order valence-corrected chi connectivity index (χ1v) is 11.4. The Morgan fingerprint density at radius 1 is 1.15 bits per heavy atom. The predicted octanol–water partition coefficient (Wildman–Crippen LogP) is 2.59. The number of nitrogens with zero attached hydrogens (tertiary/aromatic N) is 4. The van der Waals surface area contributed by atoms with Crippen LogP contribution in [0.15, 0.2) is 35.5 Å². The van der Waals surface area contributed by atoms with Crippen LogP contribution in [0.5, 0.6) is 0 Å². The van der Waals surface area contributed by atoms with E-state index in [0.717, 1.165) is 46.9 Å². The molecular weight excluding hydrogens is 384 g/mol. The lowest BCUT2D eigenvalue weighted by Crippen LogP contribution is -2.43. The highest BCUT2D eigenvalue weighted by molar-refractivity contribution is 7.89. The van der Waals surface area contributed by atoms with Gasteiger partial charge in [-0.15, -0.1) is 11.3 Å². The summed E-state index contributed by atoms with van der Waals surface area (Å²) in [4.78, 5) is 9.11. The highest BCUT2D eigenvalue weighted by atomic mass is 32.2. The average Bonchev–Trinajstić information content (AvgIpc) is 3.32. The Bertz CT molecular complexity index is 1030. The molecule has 27 heavy (non-hydrogen) atoms. The van der Waals surface area contributed by atoms with Crippen molar-refractivity contribution in [2.75, 3.05) is 19.8 Å². The molecular formula is C18H20N4O3S2. The number of hydrogen-bond donors (Lipinski definition) is 0. The van der Waals surface area contributed by atoms with Gasteiger partial charge in [0.05, 0.1) is 23.4 Å². The van der Waals surface area contributed by atoms with Gasteiger partial charge in [0, 0.05) is 25.7 Å². The highest BCUT2D eigenvalue weighted by Crippen LogP contribution is 2.34. The van der Waals surface area contributed by atoms with E-state index in [9.17, 15) is 8.42 Å². The van der Waals surface area contributed by atoms with E-state index in [2.05, 4.69) is 9.97 Å². The van der Waals surface area contributed by atoms with Crippen molar-refractivity contribution in [1.82, 2.24) is 18.8 Å². The van der Waals surface area contributed by atoms with Crippen molar-refractivity contribution >= 4 is 31.6 Å². The summed E-state index contributed by atoms with van der Waals surface area (Å²) in [5.74, 6) is 0.865. The van der Waals surface area contributed by atoms with Crippen LogP contribution in [0, 0.1) is 0 Å². The van der Waals surface area contributed by atoms with Crippen molar-refractivity contribution < 1.29 is 13.2 Å². The van der Waals surface area contributed by atoms with Gasteiger partial charge in [0.1, 0.15) is 16.9 Å². The molecule has 1 atom stereocenters. The van der Waals surface area contributed by atoms with Crippen molar-refractivity contribution in [3.05, 3.63) is 41.3 Å². The molecule has 1 aromatic carbocycles. The fraction of sp³-hybridized carbons (Fsp3) is 0.444. The van der Waals surface area contributed by atoms with E-state index in [1.165, 1.54) is 15.6 Å². The number of fused-ring (bicyclic) bond motifs is 2. The first-order valence-electron chi connectivity index (χ1n) is 9.14. The number of rotatable bonds is 3. The zero-order chi connectivity index (χ0) is 18.4. The van der Waals surface area contributed by atoms with Crippen LogP contribution >= 0.6 is 11.3 Å². The van der Waals surface area contributed by atoms with Crippen molar-refractivity contribution in [1.29, 1.82) is 0 Å². The third-order valence-electron chi connectivity index (χ3n) is 5.13. The Labute approximate surface area is 161 Å². The van der Waals surface area contributed by atoms with Gasteiger partial charge in [0.2, 0.25) is 0 Å². The zero-order valence-electron chi connectivity index (χ0n) is 14.7. The van der Waals surface area contributed by atoms with Gasteiger partial charge in [-0.1, -0.05) is 12.1 Å². The van der Waals surface area contributed by atoms with Gasteiger partial charge >= 0.3 is 0 Å². The second-order valence-electron chi connectivity index (χ2n) is 6.87. The lowest BCUT2D eigenvalue weighted by Gasteiger charge is -2.32. The quantitative estimate of drug-likeness (QED) is 0.671. The Morgan fingerprint density at radius 3 is 2.89 bits per heavy atom. The summed E-state index contributed by atoms with van der Waals surface area (Å²) in [7, 11) is -3.70. The van der Waals surface area contributed by atoms with E-state index < -0.39 is 16.1 Å². The van der Waals surface area contributed by atoms with Crippen LogP contribution in [0.4, 0.5) is 0 Å². The maximum absolute atomic E-state index is 13.4. The van der Waals surface area contributed by atoms with Gasteiger partial charge in [0.25, 0.3) is 10.0 Å². The third kappa shape index (κ3) is 2.98. The molecule has 1 fully saturated rings. The molecule has 7 nitrogen and oxygen atoms in total. The van der Waals surface area contributed by atoms with Crippen LogP contribution in [0.1, 0.15) is 29.7 Å². The first kappa shape index (κ1) is 17.3. The summed E-state index contributed by atoms with van der Waals surface area (Å²) in [6.45, 7) is 1.84. The van der Waals surface area contributed by atoms with Crippen molar-refractivity contribution in [3.8, 4) is 0 Å². The zero-order valence-corrected chi connectivity index (χ0v) is 16.4. The number of benzene rings is 1. The van der Waals surface area contributed by atoms with E-state index in [1.807, 2.05) is 28.8 Å². The smallest absolute Gasteiger partial charge is 0.262 e. The van der Waals surface area contributed by atoms with Crippen LogP contribution in [0.3, 0.4) is 0 Å². The molecule has 0 aliphatic carbocycles. The van der Waals surface area contributed by atoms with Crippen LogP contribution in [-0.4, -0.2) is 47.0 Å². The maximum atomic E-state index is 13.4. The Kier molecular flexibility index (Phi) is 4.27. The number of aromatic nitrogens is 3. The molecule has 0 radical (unpaired) electrons. The number of para-hydroxylation sites is 1. The fourth-order valence-corrected chi connectivity index (χ4v) is 6.40. The number of aryl methyl sites for hydroxylation is 2. The van der Waals surface area contributed by atoms with Crippen LogP contribution in [0.25, 0.3) is 10.2 Å². The minimum Gasteiger partial charge on any atom is -0.378 e. The molecule has 2 aliphatic heterocycles. The first-order chi connectivity index (χ1) is 13.1. The third-order valence-corrected chi connectivity index (χ3v) is 8.05. The number of morpholine rings is 1. The summed E-state index contributed by atoms with van der Waals surface area (Å²) >= 11 is 1.52. The van der Waals surface area contributed by atoms with Crippen LogP contribution in [0.2, 0.25) is 0 Å². The largest absolute Gasteiger partial charge is 0.378 e. The summed E-state index contributed by atoms with van der Waals surface area (Å²) in [6, 6.07) is 7.43. The van der Waals surface area contributed by atoms with Gasteiger partial charge in [-0.2, -0.15) is 4.31 Å². The second kappa shape index (κ2) is 6.66. The summed E-state index contributed by atoms with van der Waals surface area (Å²) in [6.07, 6.45) is 4.64. The number of sulfonamides is 1. The molecule has 4 heterocycles. The minimum absolute atomic E-state index is 0.146. The molecule has 0 spiro atoms. The molecule has 0 bridgehead atoms. The molecule has 0 N–H and O–H groups in total. The van der Waals surface area contributed by atoms with Crippen LogP contribution < -0.4 is 0 Å². The average molecular weight is 405 g/mol. The fourth-order valence-electron chi connectivity index (χ4n) is 3.73. The van der Waals surface area contributed by atoms with Crippen LogP contribution in [-0.2, 0) is 27.7 Å². The minimum atomic E-state index is -3.70. The Hall–Kier alpha value is -1.81. The molecule has 3 aromatic rings. The van der Waals surface area contributed by atoms with E-state index in [4.69, 9.17) is 4.74 Å². The number of imidazole rings is 1. The van der Waals surface area contributed by atoms with Crippen molar-refractivity contribution in [2.24, 2.45) is 0 Å². The van der Waals surface area contributed by atoms with Gasteiger partial charge in [0.15, 0.2) is 5.03 Å². The lowest BCUT2D eigenvalue weighted by atomic mass is 10.2. The molecule has 1 unspecified atom stereocenters. The maximum Gasteiger partial charge on any atom is 0.262 e. The molecule has 1 saturated heterocycles. The Balaban J connectivity index is 1.53. The Morgan fingerprint density at radius 2 is 2.04 bits per heavy atom. The second-order valence-corrected chi connectivity index (χ2v) is 9.77. The van der Waals surface area contributed by atoms with E-state index >= 15 is 0 Å². The van der Waals surface area contributed by atoms with Gasteiger partial charge in [-0.05, 0) is 25.0 Å². The van der Waals surface area contributed by atoms with Gasteiger partial charge in [-0.3, -0.25) is 0 Å². The van der Waals surface area contributed by atoms with Crippen molar-refractivity contribution in [2.45, 2.75) is 36.9 Å². The normalized spacial score (nSPS) is 21.4. The molecule has 0 amide bonds. The van der Waals surface area contributed by atoms with E-state index in [0.29, 0.717) is 19.8 Å². The summed E-state index contributed by atoms with van der Waals surface area (Å²) in [5.41, 5.74) is 0.887. The molecule has 9 heteroatoms. The number of hydrogen-bond acceptors (Lipinski definition) is 6. The lowest BCUT2D eigenvalue weighted by molar-refractivity contribution is 0.0319. The molecule has 2 aromatic heterocycles. The molecule has 2 aliphatic rings. The summed E-state index contributed by atoms with van der Waals surface area (Å²) in [5, 5.41) is 0.913. The monoisotopic (exact) mass is 404 g/mol. The number of thiazole rings is 1. The van der Waals surface area contributed by atoms with E-state index in [1.54, 1.807) is 6.20 Å². The standard InChI is InChI=1S/C18H20N4O3S2/c23-27(24,17-11-21-8-4-3-7-16(21)20-17)22-9-10-25-12-14(22)18-19-13-5-1-2-6-15(13)26-18/h1-2,5-6,11,14H,3-4,7-10,12H2. The number of ether oxygens (including phenoxy) is 1. The van der Waals surface area contributed by atoms with Crippen molar-refractivity contribution in [3.63, 3.8) is 0 Å².